The van der Waals surface area contributed by atoms with Crippen molar-refractivity contribution < 1.29 is 0 Å². The second-order valence-electron chi connectivity index (χ2n) is 18.8. The van der Waals surface area contributed by atoms with Crippen molar-refractivity contribution in [2.75, 3.05) is 4.90 Å². The van der Waals surface area contributed by atoms with Crippen LogP contribution in [0.15, 0.2) is 210 Å². The molecule has 0 saturated heterocycles. The van der Waals surface area contributed by atoms with Gasteiger partial charge in [-0.05, 0) is 126 Å². The monoisotopic (exact) mass is 823 g/mol. The van der Waals surface area contributed by atoms with Gasteiger partial charge in [-0.25, -0.2) is 0 Å². The summed E-state index contributed by atoms with van der Waals surface area (Å²) in [6.45, 7) is 9.55. The standard InChI is InChI=1S/C61H45NS/c1-59(2)48-25-12-10-23-46(48)58-52(59)29-17-30-55(58)62(38-32-34-45-44-22-7-11-24-47(44)60(3,4)53(45)36-38)39-33-35-57-54(37-39)61(51-28-15-16-31-56(51)63-57)49-26-13-8-20-42(49)40-18-5-6-19-41(40)43-21-9-14-27-50(43)61/h5-37H,1-4H3. The van der Waals surface area contributed by atoms with Crippen molar-refractivity contribution >= 4 is 28.8 Å². The Morgan fingerprint density at radius 2 is 0.746 bits per heavy atom. The Morgan fingerprint density at radius 1 is 0.317 bits per heavy atom. The summed E-state index contributed by atoms with van der Waals surface area (Å²) >= 11 is 1.90. The summed E-state index contributed by atoms with van der Waals surface area (Å²) in [4.78, 5) is 5.16. The molecule has 0 N–H and O–H groups in total. The molecule has 1 spiro atoms. The number of anilines is 3. The normalized spacial score (nSPS) is 15.6. The van der Waals surface area contributed by atoms with E-state index in [1.54, 1.807) is 0 Å². The Balaban J connectivity index is 1.13. The molecular weight excluding hydrogens is 779 g/mol. The zero-order chi connectivity index (χ0) is 42.2. The van der Waals surface area contributed by atoms with Crippen molar-refractivity contribution in [1.29, 1.82) is 0 Å². The van der Waals surface area contributed by atoms with E-state index in [4.69, 9.17) is 0 Å². The van der Waals surface area contributed by atoms with Gasteiger partial charge in [-0.3, -0.25) is 0 Å². The number of rotatable bonds is 3. The van der Waals surface area contributed by atoms with E-state index in [9.17, 15) is 0 Å². The number of hydrogen-bond donors (Lipinski definition) is 0. The first-order valence-corrected chi connectivity index (χ1v) is 23.1. The van der Waals surface area contributed by atoms with Gasteiger partial charge in [0.2, 0.25) is 0 Å². The van der Waals surface area contributed by atoms with E-state index in [2.05, 4.69) is 233 Å². The predicted molar refractivity (Wildman–Crippen MR) is 263 cm³/mol. The molecule has 63 heavy (non-hydrogen) atoms. The Bertz CT molecular complexity index is 3340. The predicted octanol–water partition coefficient (Wildman–Crippen LogP) is 16.3. The second kappa shape index (κ2) is 13.1. The van der Waals surface area contributed by atoms with E-state index >= 15 is 0 Å². The largest absolute Gasteiger partial charge is 0.310 e. The van der Waals surface area contributed by atoms with Gasteiger partial charge >= 0.3 is 0 Å². The first-order chi connectivity index (χ1) is 30.8. The van der Waals surface area contributed by atoms with Crippen LogP contribution < -0.4 is 4.90 Å². The molecule has 0 unspecified atom stereocenters. The molecule has 2 heteroatoms. The zero-order valence-corrected chi connectivity index (χ0v) is 36.7. The first kappa shape index (κ1) is 36.8. The maximum absolute atomic E-state index is 2.58. The molecular formula is C61H45NS. The molecule has 1 heterocycles. The lowest BCUT2D eigenvalue weighted by molar-refractivity contribution is 0.660. The van der Waals surface area contributed by atoms with Gasteiger partial charge in [0.05, 0.1) is 11.1 Å². The average molecular weight is 824 g/mol. The summed E-state index contributed by atoms with van der Waals surface area (Å²) in [6, 6.07) is 76.2. The molecule has 0 aromatic heterocycles. The van der Waals surface area contributed by atoms with Crippen molar-refractivity contribution in [3.05, 3.63) is 245 Å². The van der Waals surface area contributed by atoms with Gasteiger partial charge in [0.25, 0.3) is 0 Å². The van der Waals surface area contributed by atoms with Gasteiger partial charge in [0, 0.05) is 37.6 Å². The number of benzene rings is 9. The Hall–Kier alpha value is -6.87. The smallest absolute Gasteiger partial charge is 0.0736 e. The van der Waals surface area contributed by atoms with Crippen LogP contribution >= 0.6 is 11.8 Å². The molecule has 0 saturated carbocycles. The van der Waals surface area contributed by atoms with Gasteiger partial charge in [0.1, 0.15) is 0 Å². The third-order valence-electron chi connectivity index (χ3n) is 15.0. The summed E-state index contributed by atoms with van der Waals surface area (Å²) < 4.78 is 0. The molecule has 0 atom stereocenters. The molecule has 9 aromatic carbocycles. The van der Waals surface area contributed by atoms with Crippen LogP contribution in [0, 0.1) is 0 Å². The summed E-state index contributed by atoms with van der Waals surface area (Å²) in [5.74, 6) is 0. The minimum atomic E-state index is -0.611. The summed E-state index contributed by atoms with van der Waals surface area (Å²) in [7, 11) is 0. The fourth-order valence-electron chi connectivity index (χ4n) is 12.1. The van der Waals surface area contributed by atoms with E-state index < -0.39 is 5.41 Å². The van der Waals surface area contributed by atoms with Crippen molar-refractivity contribution in [3.63, 3.8) is 0 Å². The molecule has 0 radical (unpaired) electrons. The van der Waals surface area contributed by atoms with Crippen LogP contribution in [0.3, 0.4) is 0 Å². The first-order valence-electron chi connectivity index (χ1n) is 22.3. The Labute approximate surface area is 374 Å². The SMILES string of the molecule is CC1(C)c2ccccc2-c2ccc(N(c3ccc4c(c3)C3(c5ccccc5S4)c4ccccc4-c4ccccc4-c4ccccc43)c3cccc4c3-c3ccccc3C4(C)C)cc21. The molecule has 13 rings (SSSR count). The molecule has 9 aromatic rings. The van der Waals surface area contributed by atoms with E-state index in [1.807, 2.05) is 11.8 Å². The fraction of sp³-hybridized carbons (Fsp3) is 0.115. The van der Waals surface area contributed by atoms with Crippen molar-refractivity contribution in [3.8, 4) is 44.5 Å². The topological polar surface area (TPSA) is 3.24 Å². The van der Waals surface area contributed by atoms with Gasteiger partial charge in [-0.2, -0.15) is 0 Å². The average Bonchev–Trinajstić information content (AvgIpc) is 3.66. The van der Waals surface area contributed by atoms with Gasteiger partial charge < -0.3 is 4.90 Å². The number of nitrogens with zero attached hydrogens (tertiary/aromatic N) is 1. The van der Waals surface area contributed by atoms with Crippen LogP contribution in [0.25, 0.3) is 44.5 Å². The fourth-order valence-corrected chi connectivity index (χ4v) is 13.3. The Kier molecular flexibility index (Phi) is 7.63. The molecule has 4 aliphatic rings. The molecule has 3 aliphatic carbocycles. The third-order valence-corrected chi connectivity index (χ3v) is 16.1. The highest BCUT2D eigenvalue weighted by atomic mass is 32.2. The van der Waals surface area contributed by atoms with Crippen LogP contribution in [-0.4, -0.2) is 0 Å². The van der Waals surface area contributed by atoms with E-state index in [0.717, 1.165) is 11.4 Å². The lowest BCUT2D eigenvalue weighted by atomic mass is 9.63. The highest BCUT2D eigenvalue weighted by Crippen LogP contribution is 2.62. The van der Waals surface area contributed by atoms with Gasteiger partial charge in [0.15, 0.2) is 0 Å². The molecule has 1 aliphatic heterocycles. The summed E-state index contributed by atoms with van der Waals surface area (Å²) in [6.07, 6.45) is 0. The molecule has 1 nitrogen and oxygen atoms in total. The van der Waals surface area contributed by atoms with Crippen LogP contribution in [0.1, 0.15) is 72.2 Å². The highest BCUT2D eigenvalue weighted by Gasteiger charge is 2.49. The molecule has 0 amide bonds. The van der Waals surface area contributed by atoms with Crippen molar-refractivity contribution in [2.24, 2.45) is 0 Å². The van der Waals surface area contributed by atoms with Crippen LogP contribution in [0.5, 0.6) is 0 Å². The minimum absolute atomic E-state index is 0.141. The van der Waals surface area contributed by atoms with Crippen LogP contribution in [-0.2, 0) is 16.2 Å². The lowest BCUT2D eigenvalue weighted by Crippen LogP contribution is -2.35. The number of hydrogen-bond acceptors (Lipinski definition) is 2. The van der Waals surface area contributed by atoms with Crippen molar-refractivity contribution in [2.45, 2.75) is 53.7 Å². The van der Waals surface area contributed by atoms with Gasteiger partial charge in [-0.1, -0.05) is 197 Å². The van der Waals surface area contributed by atoms with Gasteiger partial charge in [-0.15, -0.1) is 0 Å². The molecule has 0 fully saturated rings. The van der Waals surface area contributed by atoms with E-state index in [1.165, 1.54) is 104 Å². The lowest BCUT2D eigenvalue weighted by Gasteiger charge is -2.43. The molecule has 0 bridgehead atoms. The Morgan fingerprint density at radius 3 is 1.40 bits per heavy atom. The van der Waals surface area contributed by atoms with E-state index in [0.29, 0.717) is 0 Å². The van der Waals surface area contributed by atoms with Crippen molar-refractivity contribution in [1.82, 2.24) is 0 Å². The highest BCUT2D eigenvalue weighted by molar-refractivity contribution is 7.99. The van der Waals surface area contributed by atoms with Crippen LogP contribution in [0.4, 0.5) is 17.1 Å². The van der Waals surface area contributed by atoms with E-state index in [-0.39, 0.29) is 10.8 Å². The number of fused-ring (bicyclic) bond motifs is 17. The maximum Gasteiger partial charge on any atom is 0.0736 e. The summed E-state index contributed by atoms with van der Waals surface area (Å²) in [5, 5.41) is 0. The second-order valence-corrected chi connectivity index (χ2v) is 19.9. The summed E-state index contributed by atoms with van der Waals surface area (Å²) in [5.41, 5.74) is 23.8. The third kappa shape index (κ3) is 4.85. The van der Waals surface area contributed by atoms with Crippen LogP contribution in [0.2, 0.25) is 0 Å². The maximum atomic E-state index is 2.58. The zero-order valence-electron chi connectivity index (χ0n) is 35.9. The minimum Gasteiger partial charge on any atom is -0.310 e. The molecule has 300 valence electrons. The quantitative estimate of drug-likeness (QED) is 0.175.